The van der Waals surface area contributed by atoms with Crippen LogP contribution < -0.4 is 5.32 Å². The Balaban J connectivity index is 2.12. The Bertz CT molecular complexity index is 651. The molecule has 1 heterocycles. The van der Waals surface area contributed by atoms with Gasteiger partial charge in [0.1, 0.15) is 0 Å². The molecule has 1 atom stereocenters. The first-order valence-corrected chi connectivity index (χ1v) is 8.15. The van der Waals surface area contributed by atoms with Crippen LogP contribution in [0.5, 0.6) is 0 Å². The lowest BCUT2D eigenvalue weighted by Gasteiger charge is -2.31. The van der Waals surface area contributed by atoms with Crippen molar-refractivity contribution < 1.29 is 26.7 Å². The van der Waals surface area contributed by atoms with Gasteiger partial charge >= 0.3 is 11.8 Å². The molecule has 0 unspecified atom stereocenters. The third-order valence-corrected chi connectivity index (χ3v) is 4.56. The summed E-state index contributed by atoms with van der Waals surface area (Å²) in [6.45, 7) is 3.05. The molecular formula is C13H16F2N2O4S. The number of alkyl halides is 2. The largest absolute Gasteiger partial charge is 0.375 e. The molecule has 1 fully saturated rings. The average Bonchev–Trinajstić information content (AvgIpc) is 2.47. The van der Waals surface area contributed by atoms with Gasteiger partial charge in [-0.2, -0.15) is 8.78 Å². The first-order valence-electron chi connectivity index (χ1n) is 6.60. The van der Waals surface area contributed by atoms with E-state index in [0.29, 0.717) is 19.7 Å². The highest BCUT2D eigenvalue weighted by Gasteiger charge is 2.27. The Labute approximate surface area is 127 Å². The highest BCUT2D eigenvalue weighted by molar-refractivity contribution is 7.91. The van der Waals surface area contributed by atoms with Crippen molar-refractivity contribution >= 4 is 21.6 Å². The standard InChI is InChI=1S/C13H16F2N2O4S/c1-9-8-17(5-6-21-9)13(18)16-10-3-2-4-11(7-10)22(19,20)12(14)15/h2-4,7,9,12H,5-6,8H2,1H3,(H,16,18)/t9-/m0/s1. The van der Waals surface area contributed by atoms with E-state index in [4.69, 9.17) is 4.74 Å². The predicted molar refractivity (Wildman–Crippen MR) is 75.6 cm³/mol. The molecule has 0 aromatic heterocycles. The maximum atomic E-state index is 12.5. The molecule has 0 bridgehead atoms. The quantitative estimate of drug-likeness (QED) is 0.916. The van der Waals surface area contributed by atoms with Gasteiger partial charge in [0.15, 0.2) is 0 Å². The molecule has 122 valence electrons. The Hall–Kier alpha value is -1.74. The van der Waals surface area contributed by atoms with E-state index >= 15 is 0 Å². The number of nitrogens with zero attached hydrogens (tertiary/aromatic N) is 1. The Kier molecular flexibility index (Phi) is 4.97. The van der Waals surface area contributed by atoms with Gasteiger partial charge in [0.2, 0.25) is 9.84 Å². The summed E-state index contributed by atoms with van der Waals surface area (Å²) in [4.78, 5) is 13.1. The molecule has 2 rings (SSSR count). The highest BCUT2D eigenvalue weighted by atomic mass is 32.2. The minimum atomic E-state index is -4.69. The van der Waals surface area contributed by atoms with Crippen LogP contribution in [0.15, 0.2) is 29.2 Å². The van der Waals surface area contributed by atoms with Gasteiger partial charge in [-0.25, -0.2) is 13.2 Å². The SMILES string of the molecule is C[C@H]1CN(C(=O)Nc2cccc(S(=O)(=O)C(F)F)c2)CCO1. The fourth-order valence-corrected chi connectivity index (χ4v) is 2.82. The number of hydrogen-bond donors (Lipinski definition) is 1. The van der Waals surface area contributed by atoms with Crippen LogP contribution in [0.25, 0.3) is 0 Å². The second-order valence-electron chi connectivity index (χ2n) is 4.89. The number of anilines is 1. The van der Waals surface area contributed by atoms with E-state index in [1.54, 1.807) is 0 Å². The third-order valence-electron chi connectivity index (χ3n) is 3.18. The summed E-state index contributed by atoms with van der Waals surface area (Å²) in [6.07, 6.45) is -0.0926. The number of carbonyl (C=O) groups excluding carboxylic acids is 1. The molecule has 0 spiro atoms. The summed E-state index contributed by atoms with van der Waals surface area (Å²) in [7, 11) is -4.69. The van der Waals surface area contributed by atoms with Crippen molar-refractivity contribution in [1.82, 2.24) is 4.90 Å². The molecule has 9 heteroatoms. The van der Waals surface area contributed by atoms with Crippen molar-refractivity contribution in [3.8, 4) is 0 Å². The minimum Gasteiger partial charge on any atom is -0.375 e. The van der Waals surface area contributed by atoms with Crippen LogP contribution in [-0.2, 0) is 14.6 Å². The average molecular weight is 334 g/mol. The number of hydrogen-bond acceptors (Lipinski definition) is 4. The Morgan fingerprint density at radius 1 is 1.45 bits per heavy atom. The van der Waals surface area contributed by atoms with Crippen LogP contribution >= 0.6 is 0 Å². The number of urea groups is 1. The summed E-state index contributed by atoms with van der Waals surface area (Å²) in [6, 6.07) is 4.39. The zero-order valence-corrected chi connectivity index (χ0v) is 12.6. The number of nitrogens with one attached hydrogen (secondary N) is 1. The second kappa shape index (κ2) is 6.57. The van der Waals surface area contributed by atoms with Crippen molar-refractivity contribution in [2.75, 3.05) is 25.0 Å². The molecular weight excluding hydrogens is 318 g/mol. The van der Waals surface area contributed by atoms with E-state index in [0.717, 1.165) is 12.1 Å². The Morgan fingerprint density at radius 3 is 2.82 bits per heavy atom. The predicted octanol–water partition coefficient (Wildman–Crippen LogP) is 1.94. The molecule has 6 nitrogen and oxygen atoms in total. The van der Waals surface area contributed by atoms with Crippen LogP contribution in [0.3, 0.4) is 0 Å². The molecule has 2 amide bonds. The zero-order valence-electron chi connectivity index (χ0n) is 11.8. The minimum absolute atomic E-state index is 0.0926. The van der Waals surface area contributed by atoms with E-state index in [1.807, 2.05) is 6.92 Å². The first kappa shape index (κ1) is 16.6. The zero-order chi connectivity index (χ0) is 16.3. The van der Waals surface area contributed by atoms with Crippen molar-refractivity contribution in [1.29, 1.82) is 0 Å². The second-order valence-corrected chi connectivity index (χ2v) is 6.81. The monoisotopic (exact) mass is 334 g/mol. The van der Waals surface area contributed by atoms with Gasteiger partial charge in [0, 0.05) is 18.8 Å². The van der Waals surface area contributed by atoms with Gasteiger partial charge in [0.05, 0.1) is 17.6 Å². The number of benzene rings is 1. The lowest BCUT2D eigenvalue weighted by atomic mass is 10.3. The summed E-state index contributed by atoms with van der Waals surface area (Å²) in [5, 5.41) is 2.51. The molecule has 1 aromatic rings. The number of carbonyl (C=O) groups is 1. The molecule has 1 N–H and O–H groups in total. The molecule has 1 aliphatic rings. The molecule has 1 aromatic carbocycles. The maximum Gasteiger partial charge on any atom is 0.341 e. The first-order chi connectivity index (χ1) is 10.3. The number of sulfone groups is 1. The van der Waals surface area contributed by atoms with E-state index in [9.17, 15) is 22.0 Å². The van der Waals surface area contributed by atoms with Gasteiger partial charge < -0.3 is 15.0 Å². The lowest BCUT2D eigenvalue weighted by molar-refractivity contribution is -0.00138. The summed E-state index contributed by atoms with van der Waals surface area (Å²) in [5.41, 5.74) is 0.144. The summed E-state index contributed by atoms with van der Waals surface area (Å²) >= 11 is 0. The van der Waals surface area contributed by atoms with Crippen LogP contribution in [0.1, 0.15) is 6.92 Å². The number of ether oxygens (including phenoxy) is 1. The molecule has 0 saturated carbocycles. The van der Waals surface area contributed by atoms with Crippen LogP contribution in [0.2, 0.25) is 0 Å². The van der Waals surface area contributed by atoms with Crippen LogP contribution in [-0.4, -0.2) is 50.9 Å². The molecule has 1 aliphatic heterocycles. The third kappa shape index (κ3) is 3.72. The normalized spacial score (nSPS) is 19.3. The molecule has 1 saturated heterocycles. The summed E-state index contributed by atoms with van der Waals surface area (Å²) in [5.74, 6) is -3.50. The van der Waals surface area contributed by atoms with Gasteiger partial charge in [-0.1, -0.05) is 6.07 Å². The maximum absolute atomic E-state index is 12.5. The van der Waals surface area contributed by atoms with Crippen molar-refractivity contribution in [2.24, 2.45) is 0 Å². The number of halogens is 2. The van der Waals surface area contributed by atoms with Gasteiger partial charge in [0.25, 0.3) is 0 Å². The fourth-order valence-electron chi connectivity index (χ4n) is 2.06. The summed E-state index contributed by atoms with van der Waals surface area (Å²) < 4.78 is 53.2. The van der Waals surface area contributed by atoms with Crippen molar-refractivity contribution in [3.63, 3.8) is 0 Å². The number of amides is 2. The van der Waals surface area contributed by atoms with Gasteiger partial charge in [-0.15, -0.1) is 0 Å². The van der Waals surface area contributed by atoms with E-state index < -0.39 is 26.5 Å². The van der Waals surface area contributed by atoms with Crippen molar-refractivity contribution in [2.45, 2.75) is 23.7 Å². The van der Waals surface area contributed by atoms with Crippen LogP contribution in [0.4, 0.5) is 19.3 Å². The Morgan fingerprint density at radius 2 is 2.18 bits per heavy atom. The smallest absolute Gasteiger partial charge is 0.341 e. The van der Waals surface area contributed by atoms with Gasteiger partial charge in [-0.3, -0.25) is 0 Å². The lowest BCUT2D eigenvalue weighted by Crippen LogP contribution is -2.46. The topological polar surface area (TPSA) is 75.7 Å². The van der Waals surface area contributed by atoms with Crippen molar-refractivity contribution in [3.05, 3.63) is 24.3 Å². The van der Waals surface area contributed by atoms with Crippen LogP contribution in [0, 0.1) is 0 Å². The fraction of sp³-hybridized carbons (Fsp3) is 0.462. The number of rotatable bonds is 3. The van der Waals surface area contributed by atoms with E-state index in [-0.39, 0.29) is 11.8 Å². The van der Waals surface area contributed by atoms with E-state index in [2.05, 4.69) is 5.32 Å². The molecule has 22 heavy (non-hydrogen) atoms. The molecule has 0 aliphatic carbocycles. The van der Waals surface area contributed by atoms with Gasteiger partial charge in [-0.05, 0) is 25.1 Å². The highest BCUT2D eigenvalue weighted by Crippen LogP contribution is 2.21. The molecule has 0 radical (unpaired) electrons. The number of morpholine rings is 1. The van der Waals surface area contributed by atoms with E-state index in [1.165, 1.54) is 17.0 Å².